The van der Waals surface area contributed by atoms with Crippen LogP contribution in [0.2, 0.25) is 0 Å². The molecule has 14 heavy (non-hydrogen) atoms. The lowest BCUT2D eigenvalue weighted by Gasteiger charge is -2.12. The first-order valence-electron chi connectivity index (χ1n) is 5.05. The molecule has 0 aromatic rings. The zero-order valence-corrected chi connectivity index (χ0v) is 10.2. The van der Waals surface area contributed by atoms with Gasteiger partial charge in [0.15, 0.2) is 0 Å². The molecule has 0 N–H and O–H groups in total. The molecule has 2 aliphatic heterocycles. The van der Waals surface area contributed by atoms with Gasteiger partial charge in [0, 0.05) is 23.2 Å². The molecule has 1 saturated heterocycles. The van der Waals surface area contributed by atoms with Crippen LogP contribution in [0.4, 0.5) is 0 Å². The van der Waals surface area contributed by atoms with E-state index in [0.29, 0.717) is 11.4 Å². The first kappa shape index (κ1) is 10.7. The average Bonchev–Trinajstić information content (AvgIpc) is 2.72. The Balaban J connectivity index is 1.79. The van der Waals surface area contributed by atoms with Gasteiger partial charge in [0.2, 0.25) is 0 Å². The minimum Gasteiger partial charge on any atom is -0.497 e. The monoisotopic (exact) mass is 232 g/mol. The Labute approximate surface area is 93.2 Å². The molecule has 2 heterocycles. The molecule has 0 radical (unpaired) electrons. The predicted molar refractivity (Wildman–Crippen MR) is 62.3 cm³/mol. The van der Waals surface area contributed by atoms with Gasteiger partial charge >= 0.3 is 0 Å². The van der Waals surface area contributed by atoms with Crippen LogP contribution in [0.1, 0.15) is 26.7 Å². The molecule has 2 atom stereocenters. The summed E-state index contributed by atoms with van der Waals surface area (Å²) in [5.74, 6) is 1.12. The fraction of sp³-hybridized carbons (Fsp3) is 0.800. The molecule has 2 nitrogen and oxygen atoms in total. The Hall–Kier alpha value is 0.200. The Kier molecular flexibility index (Phi) is 3.68. The van der Waals surface area contributed by atoms with E-state index in [4.69, 9.17) is 9.47 Å². The van der Waals surface area contributed by atoms with Gasteiger partial charge in [-0.2, -0.15) is 0 Å². The van der Waals surface area contributed by atoms with E-state index in [2.05, 4.69) is 13.8 Å². The quantitative estimate of drug-likeness (QED) is 0.695. The number of hydrogen-bond donors (Lipinski definition) is 0. The summed E-state index contributed by atoms with van der Waals surface area (Å²) in [5.41, 5.74) is 0. The summed E-state index contributed by atoms with van der Waals surface area (Å²) in [6.45, 7) is 6.02. The maximum atomic E-state index is 5.53. The van der Waals surface area contributed by atoms with Crippen LogP contribution in [-0.2, 0) is 9.47 Å². The fourth-order valence-electron chi connectivity index (χ4n) is 1.61. The molecule has 4 heteroatoms. The van der Waals surface area contributed by atoms with Crippen molar-refractivity contribution < 1.29 is 9.47 Å². The third kappa shape index (κ3) is 2.41. The van der Waals surface area contributed by atoms with Gasteiger partial charge in [-0.3, -0.25) is 0 Å². The Morgan fingerprint density at radius 2 is 2.21 bits per heavy atom. The number of ether oxygens (including phenoxy) is 2. The van der Waals surface area contributed by atoms with Gasteiger partial charge in [-0.1, -0.05) is 21.6 Å². The van der Waals surface area contributed by atoms with Gasteiger partial charge in [0.1, 0.15) is 5.76 Å². The van der Waals surface area contributed by atoms with Crippen molar-refractivity contribution in [2.24, 2.45) is 0 Å². The van der Waals surface area contributed by atoms with Crippen LogP contribution in [-0.4, -0.2) is 24.6 Å². The molecule has 0 saturated carbocycles. The van der Waals surface area contributed by atoms with Gasteiger partial charge < -0.3 is 9.47 Å². The third-order valence-electron chi connectivity index (χ3n) is 2.62. The summed E-state index contributed by atoms with van der Waals surface area (Å²) in [5, 5.41) is 0.654. The molecule has 2 rings (SSSR count). The van der Waals surface area contributed by atoms with E-state index in [1.54, 1.807) is 0 Å². The van der Waals surface area contributed by atoms with E-state index in [1.165, 1.54) is 11.3 Å². The summed E-state index contributed by atoms with van der Waals surface area (Å²) in [4.78, 5) is 1.41. The second kappa shape index (κ2) is 4.81. The number of rotatable bonds is 3. The molecule has 0 aromatic carbocycles. The van der Waals surface area contributed by atoms with Crippen LogP contribution in [0.25, 0.3) is 0 Å². The Bertz CT molecular complexity index is 240. The lowest BCUT2D eigenvalue weighted by molar-refractivity contribution is 0.127. The minimum absolute atomic E-state index is 0.413. The van der Waals surface area contributed by atoms with E-state index >= 15 is 0 Å². The number of hydrogen-bond acceptors (Lipinski definition) is 4. The average molecular weight is 232 g/mol. The minimum atomic E-state index is 0.413. The highest BCUT2D eigenvalue weighted by molar-refractivity contribution is 8.78. The van der Waals surface area contributed by atoms with E-state index in [9.17, 15) is 0 Å². The third-order valence-corrected chi connectivity index (χ3v) is 5.91. The molecule has 0 aromatic heterocycles. The summed E-state index contributed by atoms with van der Waals surface area (Å²) in [6, 6.07) is 0. The van der Waals surface area contributed by atoms with Gasteiger partial charge in [0.25, 0.3) is 0 Å². The zero-order chi connectivity index (χ0) is 9.97. The van der Waals surface area contributed by atoms with Crippen molar-refractivity contribution in [1.82, 2.24) is 0 Å². The van der Waals surface area contributed by atoms with E-state index < -0.39 is 0 Å². The molecular formula is C10H16O2S2. The highest BCUT2D eigenvalue weighted by Gasteiger charge is 2.26. The predicted octanol–water partition coefficient (Wildman–Crippen LogP) is 3.20. The molecule has 80 valence electrons. The molecule has 0 amide bonds. The Morgan fingerprint density at radius 1 is 1.36 bits per heavy atom. The highest BCUT2D eigenvalue weighted by Crippen LogP contribution is 2.43. The van der Waals surface area contributed by atoms with Crippen LogP contribution >= 0.6 is 21.6 Å². The maximum absolute atomic E-state index is 5.53. The fourth-order valence-corrected chi connectivity index (χ4v) is 4.70. The van der Waals surface area contributed by atoms with Crippen molar-refractivity contribution in [2.45, 2.75) is 38.0 Å². The van der Waals surface area contributed by atoms with Crippen LogP contribution in [0.15, 0.2) is 10.7 Å². The summed E-state index contributed by atoms with van der Waals surface area (Å²) in [7, 11) is 3.83. The lowest BCUT2D eigenvalue weighted by atomic mass is 10.3. The van der Waals surface area contributed by atoms with Crippen molar-refractivity contribution in [1.29, 1.82) is 0 Å². The van der Waals surface area contributed by atoms with Crippen LogP contribution in [0.3, 0.4) is 0 Å². The van der Waals surface area contributed by atoms with Crippen LogP contribution in [0.5, 0.6) is 0 Å². The molecule has 2 aliphatic rings. The van der Waals surface area contributed by atoms with Crippen molar-refractivity contribution in [3.05, 3.63) is 10.7 Å². The van der Waals surface area contributed by atoms with E-state index in [-0.39, 0.29) is 0 Å². The molecule has 0 aliphatic carbocycles. The molecule has 2 unspecified atom stereocenters. The van der Waals surface area contributed by atoms with Gasteiger partial charge in [0.05, 0.1) is 12.7 Å². The van der Waals surface area contributed by atoms with Crippen LogP contribution < -0.4 is 0 Å². The smallest absolute Gasteiger partial charge is 0.103 e. The summed E-state index contributed by atoms with van der Waals surface area (Å²) >= 11 is 0. The highest BCUT2D eigenvalue weighted by atomic mass is 33.1. The first-order valence-corrected chi connectivity index (χ1v) is 7.26. The SMILES string of the molecule is CC1=C(SSC2CCOC2C)CCO1. The standard InChI is InChI=1S/C10H16O2S2/c1-7-9(3-5-11-7)13-14-10-4-6-12-8(10)2/h7,9H,3-6H2,1-2H3. The van der Waals surface area contributed by atoms with E-state index in [0.717, 1.165) is 25.4 Å². The summed E-state index contributed by atoms with van der Waals surface area (Å²) in [6.07, 6.45) is 2.69. The maximum Gasteiger partial charge on any atom is 0.103 e. The van der Waals surface area contributed by atoms with Crippen LogP contribution in [0, 0.1) is 0 Å². The Morgan fingerprint density at radius 3 is 2.79 bits per heavy atom. The molecule has 0 spiro atoms. The number of allylic oxidation sites excluding steroid dienone is 1. The molecule has 0 bridgehead atoms. The van der Waals surface area contributed by atoms with Crippen molar-refractivity contribution in [3.8, 4) is 0 Å². The van der Waals surface area contributed by atoms with Crippen molar-refractivity contribution >= 4 is 21.6 Å². The second-order valence-corrected chi connectivity index (χ2v) is 6.20. The van der Waals surface area contributed by atoms with E-state index in [1.807, 2.05) is 21.6 Å². The van der Waals surface area contributed by atoms with Gasteiger partial charge in [-0.15, -0.1) is 0 Å². The van der Waals surface area contributed by atoms with Gasteiger partial charge in [-0.05, 0) is 20.3 Å². The normalized spacial score (nSPS) is 32.4. The largest absolute Gasteiger partial charge is 0.497 e. The lowest BCUT2D eigenvalue weighted by Crippen LogP contribution is -2.11. The topological polar surface area (TPSA) is 18.5 Å². The summed E-state index contributed by atoms with van der Waals surface area (Å²) < 4.78 is 10.9. The second-order valence-electron chi connectivity index (χ2n) is 3.66. The first-order chi connectivity index (χ1) is 6.77. The van der Waals surface area contributed by atoms with Gasteiger partial charge in [-0.25, -0.2) is 0 Å². The zero-order valence-electron chi connectivity index (χ0n) is 8.62. The molecule has 1 fully saturated rings. The molecular weight excluding hydrogens is 216 g/mol. The van der Waals surface area contributed by atoms with Crippen molar-refractivity contribution in [2.75, 3.05) is 13.2 Å². The van der Waals surface area contributed by atoms with Crippen molar-refractivity contribution in [3.63, 3.8) is 0 Å².